The molecule has 0 unspecified atom stereocenters. The van der Waals surface area contributed by atoms with Crippen molar-refractivity contribution in [2.45, 2.75) is 0 Å². The van der Waals surface area contributed by atoms with Crippen molar-refractivity contribution in [3.63, 3.8) is 0 Å². The van der Waals surface area contributed by atoms with Gasteiger partial charge >= 0.3 is 5.97 Å². The third-order valence-corrected chi connectivity index (χ3v) is 3.38. The van der Waals surface area contributed by atoms with Crippen molar-refractivity contribution in [2.75, 3.05) is 0 Å². The number of hydrogen-bond donors (Lipinski definition) is 1. The zero-order valence-corrected chi connectivity index (χ0v) is 11.1. The van der Waals surface area contributed by atoms with Crippen LogP contribution in [0.5, 0.6) is 0 Å². The molecule has 0 aliphatic rings. The van der Waals surface area contributed by atoms with Crippen molar-refractivity contribution < 1.29 is 9.90 Å². The zero-order chi connectivity index (χ0) is 14.8. The minimum atomic E-state index is -0.989. The Morgan fingerprint density at radius 1 is 1.14 bits per heavy atom. The maximum atomic E-state index is 11.4. The number of carboxylic acid groups (broad SMARTS) is 1. The maximum absolute atomic E-state index is 11.4. The van der Waals surface area contributed by atoms with Crippen molar-refractivity contribution in [1.82, 2.24) is 4.98 Å². The van der Waals surface area contributed by atoms with Crippen LogP contribution in [0.4, 0.5) is 0 Å². The molecule has 3 aromatic rings. The molecule has 3 nitrogen and oxygen atoms in total. The van der Waals surface area contributed by atoms with Gasteiger partial charge in [0.05, 0.1) is 5.56 Å². The highest BCUT2D eigenvalue weighted by molar-refractivity contribution is 5.99. The molecule has 1 aromatic heterocycles. The number of terminal acetylenes is 1. The summed E-state index contributed by atoms with van der Waals surface area (Å²) in [5.41, 5.74) is 2.15. The summed E-state index contributed by atoms with van der Waals surface area (Å²) >= 11 is 0. The number of fused-ring (bicyclic) bond motifs is 1. The highest BCUT2D eigenvalue weighted by Crippen LogP contribution is 2.30. The summed E-state index contributed by atoms with van der Waals surface area (Å²) in [6.45, 7) is 0. The SMILES string of the molecule is C#Cc1cccc(C(=O)O)c1-c1ccc2cnccc2c1. The van der Waals surface area contributed by atoms with E-state index >= 15 is 0 Å². The molecule has 0 radical (unpaired) electrons. The molecule has 0 saturated heterocycles. The molecule has 0 atom stereocenters. The number of carboxylic acids is 1. The van der Waals surface area contributed by atoms with Crippen LogP contribution in [0, 0.1) is 12.3 Å². The fourth-order valence-electron chi connectivity index (χ4n) is 2.40. The van der Waals surface area contributed by atoms with Gasteiger partial charge in [-0.1, -0.05) is 24.1 Å². The number of hydrogen-bond acceptors (Lipinski definition) is 2. The first-order valence-corrected chi connectivity index (χ1v) is 6.38. The first-order valence-electron chi connectivity index (χ1n) is 6.38. The second-order valence-electron chi connectivity index (χ2n) is 4.62. The summed E-state index contributed by atoms with van der Waals surface area (Å²) in [7, 11) is 0. The van der Waals surface area contributed by atoms with Gasteiger partial charge in [0.1, 0.15) is 0 Å². The van der Waals surface area contributed by atoms with Gasteiger partial charge in [-0.15, -0.1) is 6.42 Å². The number of nitrogens with zero attached hydrogens (tertiary/aromatic N) is 1. The van der Waals surface area contributed by atoms with E-state index in [1.807, 2.05) is 24.3 Å². The Bertz CT molecular complexity index is 891. The number of aromatic carboxylic acids is 1. The number of pyridine rings is 1. The van der Waals surface area contributed by atoms with Gasteiger partial charge in [0.2, 0.25) is 0 Å². The Hall–Kier alpha value is -3.12. The molecule has 0 amide bonds. The average molecular weight is 273 g/mol. The summed E-state index contributed by atoms with van der Waals surface area (Å²) in [6.07, 6.45) is 8.99. The first-order chi connectivity index (χ1) is 10.2. The lowest BCUT2D eigenvalue weighted by atomic mass is 9.93. The third-order valence-electron chi connectivity index (χ3n) is 3.38. The van der Waals surface area contributed by atoms with E-state index in [9.17, 15) is 9.90 Å². The summed E-state index contributed by atoms with van der Waals surface area (Å²) in [5.74, 6) is 1.57. The molecule has 2 aromatic carbocycles. The molecule has 3 rings (SSSR count). The lowest BCUT2D eigenvalue weighted by molar-refractivity contribution is 0.0697. The normalized spacial score (nSPS) is 10.2. The Balaban J connectivity index is 2.32. The molecule has 3 heteroatoms. The van der Waals surface area contributed by atoms with Crippen molar-refractivity contribution in [2.24, 2.45) is 0 Å². The molecule has 0 spiro atoms. The summed E-state index contributed by atoms with van der Waals surface area (Å²) in [6, 6.07) is 12.6. The van der Waals surface area contributed by atoms with Crippen LogP contribution < -0.4 is 0 Å². The van der Waals surface area contributed by atoms with Crippen molar-refractivity contribution in [3.8, 4) is 23.5 Å². The number of rotatable bonds is 2. The lowest BCUT2D eigenvalue weighted by Gasteiger charge is -2.10. The van der Waals surface area contributed by atoms with E-state index in [1.54, 1.807) is 30.6 Å². The van der Waals surface area contributed by atoms with Crippen LogP contribution in [0.2, 0.25) is 0 Å². The minimum Gasteiger partial charge on any atom is -0.478 e. The van der Waals surface area contributed by atoms with Gasteiger partial charge in [0, 0.05) is 28.9 Å². The van der Waals surface area contributed by atoms with Crippen LogP contribution in [0.25, 0.3) is 21.9 Å². The van der Waals surface area contributed by atoms with E-state index in [2.05, 4.69) is 10.9 Å². The van der Waals surface area contributed by atoms with Crippen LogP contribution in [0.3, 0.4) is 0 Å². The van der Waals surface area contributed by atoms with E-state index in [1.165, 1.54) is 0 Å². The number of aromatic nitrogens is 1. The first kappa shape index (κ1) is 12.9. The second-order valence-corrected chi connectivity index (χ2v) is 4.62. The van der Waals surface area contributed by atoms with Crippen LogP contribution >= 0.6 is 0 Å². The van der Waals surface area contributed by atoms with Crippen LogP contribution in [0.15, 0.2) is 54.9 Å². The fourth-order valence-corrected chi connectivity index (χ4v) is 2.40. The molecule has 0 aliphatic carbocycles. The van der Waals surface area contributed by atoms with Crippen molar-refractivity contribution in [1.29, 1.82) is 0 Å². The lowest BCUT2D eigenvalue weighted by Crippen LogP contribution is -2.01. The molecule has 21 heavy (non-hydrogen) atoms. The van der Waals surface area contributed by atoms with E-state index in [0.717, 1.165) is 16.3 Å². The summed E-state index contributed by atoms with van der Waals surface area (Å²) in [5, 5.41) is 11.4. The van der Waals surface area contributed by atoms with Crippen LogP contribution in [-0.4, -0.2) is 16.1 Å². The third kappa shape index (κ3) is 2.24. The smallest absolute Gasteiger partial charge is 0.336 e. The van der Waals surface area contributed by atoms with Gasteiger partial charge < -0.3 is 5.11 Å². The van der Waals surface area contributed by atoms with Crippen LogP contribution in [-0.2, 0) is 0 Å². The van der Waals surface area contributed by atoms with E-state index < -0.39 is 5.97 Å². The van der Waals surface area contributed by atoms with Crippen LogP contribution in [0.1, 0.15) is 15.9 Å². The zero-order valence-electron chi connectivity index (χ0n) is 11.1. The second kappa shape index (κ2) is 5.10. The largest absolute Gasteiger partial charge is 0.478 e. The molecule has 0 aliphatic heterocycles. The van der Waals surface area contributed by atoms with E-state index in [-0.39, 0.29) is 5.56 Å². The molecular weight excluding hydrogens is 262 g/mol. The van der Waals surface area contributed by atoms with Gasteiger partial charge in [0.25, 0.3) is 0 Å². The predicted octanol–water partition coefficient (Wildman–Crippen LogP) is 3.58. The fraction of sp³-hybridized carbons (Fsp3) is 0. The number of benzene rings is 2. The molecule has 0 bridgehead atoms. The predicted molar refractivity (Wildman–Crippen MR) is 82.1 cm³/mol. The van der Waals surface area contributed by atoms with Gasteiger partial charge in [-0.05, 0) is 35.2 Å². The summed E-state index contributed by atoms with van der Waals surface area (Å²) in [4.78, 5) is 15.5. The standard InChI is InChI=1S/C18H11NO2/c1-2-12-4-3-5-16(18(20)21)17(12)14-6-7-15-11-19-9-8-13(15)10-14/h1,3-11H,(H,20,21). The molecule has 1 heterocycles. The van der Waals surface area contributed by atoms with Gasteiger partial charge in [-0.3, -0.25) is 4.98 Å². The molecule has 1 N–H and O–H groups in total. The Morgan fingerprint density at radius 2 is 2.00 bits per heavy atom. The average Bonchev–Trinajstić information content (AvgIpc) is 2.53. The molecular formula is C18H11NO2. The Labute approximate surface area is 121 Å². The Morgan fingerprint density at radius 3 is 2.76 bits per heavy atom. The monoisotopic (exact) mass is 273 g/mol. The highest BCUT2D eigenvalue weighted by atomic mass is 16.4. The van der Waals surface area contributed by atoms with E-state index in [4.69, 9.17) is 6.42 Å². The Kier molecular flexibility index (Phi) is 3.13. The topological polar surface area (TPSA) is 50.2 Å². The minimum absolute atomic E-state index is 0.207. The van der Waals surface area contributed by atoms with Crippen molar-refractivity contribution in [3.05, 3.63) is 66.0 Å². The van der Waals surface area contributed by atoms with Gasteiger partial charge in [-0.2, -0.15) is 0 Å². The van der Waals surface area contributed by atoms with Crippen molar-refractivity contribution >= 4 is 16.7 Å². The van der Waals surface area contributed by atoms with Gasteiger partial charge in [-0.25, -0.2) is 4.79 Å². The van der Waals surface area contributed by atoms with Gasteiger partial charge in [0.15, 0.2) is 0 Å². The quantitative estimate of drug-likeness (QED) is 0.726. The molecule has 100 valence electrons. The molecule has 0 fully saturated rings. The highest BCUT2D eigenvalue weighted by Gasteiger charge is 2.15. The van der Waals surface area contributed by atoms with E-state index in [0.29, 0.717) is 11.1 Å². The molecule has 0 saturated carbocycles. The maximum Gasteiger partial charge on any atom is 0.336 e. The number of carbonyl (C=O) groups is 1. The summed E-state index contributed by atoms with van der Waals surface area (Å²) < 4.78 is 0.